The molecule has 1 atom stereocenters. The number of aromatic nitrogens is 3. The smallest absolute Gasteiger partial charge is 0.279 e. The van der Waals surface area contributed by atoms with Gasteiger partial charge >= 0.3 is 0 Å². The van der Waals surface area contributed by atoms with Gasteiger partial charge in [0, 0.05) is 18.7 Å². The molecule has 1 saturated heterocycles. The van der Waals surface area contributed by atoms with E-state index in [0.717, 1.165) is 24.2 Å². The molecule has 2 aromatic rings. The molecule has 0 amide bonds. The van der Waals surface area contributed by atoms with Crippen LogP contribution < -0.4 is 9.46 Å². The summed E-state index contributed by atoms with van der Waals surface area (Å²) < 4.78 is 34.0. The molecule has 9 heteroatoms. The van der Waals surface area contributed by atoms with Crippen molar-refractivity contribution in [3.63, 3.8) is 0 Å². The average molecular weight is 365 g/mol. The van der Waals surface area contributed by atoms with E-state index in [0.29, 0.717) is 30.7 Å². The quantitative estimate of drug-likeness (QED) is 0.809. The molecule has 8 nitrogen and oxygen atoms in total. The van der Waals surface area contributed by atoms with Crippen LogP contribution in [-0.4, -0.2) is 48.1 Å². The molecule has 1 aromatic heterocycles. The van der Waals surface area contributed by atoms with E-state index in [2.05, 4.69) is 26.8 Å². The van der Waals surface area contributed by atoms with E-state index < -0.39 is 10.2 Å². The molecule has 0 spiro atoms. The largest absolute Gasteiger partial charge is 0.497 e. The predicted octanol–water partition coefficient (Wildman–Crippen LogP) is 1.55. The van der Waals surface area contributed by atoms with Crippen LogP contribution in [0.25, 0.3) is 11.4 Å². The Labute approximate surface area is 147 Å². The molecule has 0 aliphatic carbocycles. The highest BCUT2D eigenvalue weighted by Crippen LogP contribution is 2.20. The zero-order valence-electron chi connectivity index (χ0n) is 14.4. The predicted molar refractivity (Wildman–Crippen MR) is 94.1 cm³/mol. The van der Waals surface area contributed by atoms with Gasteiger partial charge in [-0.05, 0) is 43.0 Å². The molecule has 1 aliphatic heterocycles. The Kier molecular flexibility index (Phi) is 5.36. The molecule has 2 N–H and O–H groups in total. The molecular weight excluding hydrogens is 342 g/mol. The van der Waals surface area contributed by atoms with Crippen molar-refractivity contribution in [1.82, 2.24) is 24.2 Å². The van der Waals surface area contributed by atoms with Gasteiger partial charge in [0.1, 0.15) is 11.6 Å². The first kappa shape index (κ1) is 17.8. The lowest BCUT2D eigenvalue weighted by Gasteiger charge is -2.29. The highest BCUT2D eigenvalue weighted by molar-refractivity contribution is 7.87. The third kappa shape index (κ3) is 4.36. The lowest BCUT2D eigenvalue weighted by Crippen LogP contribution is -2.45. The van der Waals surface area contributed by atoms with Crippen LogP contribution in [0, 0.1) is 5.92 Å². The monoisotopic (exact) mass is 365 g/mol. The van der Waals surface area contributed by atoms with Gasteiger partial charge in [0.2, 0.25) is 0 Å². The molecule has 0 unspecified atom stereocenters. The number of nitrogens with zero attached hydrogens (tertiary/aromatic N) is 3. The summed E-state index contributed by atoms with van der Waals surface area (Å²) in [5, 5.41) is 6.92. The highest BCUT2D eigenvalue weighted by atomic mass is 32.2. The second-order valence-electron chi connectivity index (χ2n) is 6.27. The number of piperidine rings is 1. The molecule has 1 fully saturated rings. The van der Waals surface area contributed by atoms with Crippen molar-refractivity contribution >= 4 is 10.2 Å². The first-order valence-electron chi connectivity index (χ1n) is 8.28. The van der Waals surface area contributed by atoms with E-state index in [1.165, 1.54) is 4.31 Å². The molecular formula is C16H23N5O3S. The number of hydrogen-bond acceptors (Lipinski definition) is 5. The molecule has 136 valence electrons. The Bertz CT molecular complexity index is 803. The number of hydrogen-bond donors (Lipinski definition) is 2. The normalized spacial score (nSPS) is 19.0. The number of nitrogens with one attached hydrogen (secondary N) is 2. The van der Waals surface area contributed by atoms with Gasteiger partial charge in [-0.2, -0.15) is 22.5 Å². The maximum absolute atomic E-state index is 12.4. The number of rotatable bonds is 6. The van der Waals surface area contributed by atoms with Crippen molar-refractivity contribution in [2.75, 3.05) is 20.2 Å². The van der Waals surface area contributed by atoms with Crippen LogP contribution in [0.1, 0.15) is 25.6 Å². The first-order chi connectivity index (χ1) is 12.0. The second-order valence-corrected chi connectivity index (χ2v) is 8.02. The molecule has 0 saturated carbocycles. The van der Waals surface area contributed by atoms with Gasteiger partial charge in [0.05, 0.1) is 13.7 Å². The summed E-state index contributed by atoms with van der Waals surface area (Å²) >= 11 is 0. The van der Waals surface area contributed by atoms with Crippen LogP contribution in [0.3, 0.4) is 0 Å². The summed E-state index contributed by atoms with van der Waals surface area (Å²) in [7, 11) is -1.89. The maximum Gasteiger partial charge on any atom is 0.279 e. The molecule has 0 radical (unpaired) electrons. The number of H-pyrrole nitrogens is 1. The maximum atomic E-state index is 12.4. The van der Waals surface area contributed by atoms with Crippen LogP contribution in [0.4, 0.5) is 0 Å². The minimum atomic E-state index is -3.50. The third-order valence-electron chi connectivity index (χ3n) is 4.26. The van der Waals surface area contributed by atoms with Gasteiger partial charge in [-0.1, -0.05) is 6.92 Å². The Hall–Kier alpha value is -1.97. The van der Waals surface area contributed by atoms with E-state index in [4.69, 9.17) is 4.74 Å². The van der Waals surface area contributed by atoms with E-state index >= 15 is 0 Å². The van der Waals surface area contributed by atoms with Gasteiger partial charge < -0.3 is 4.74 Å². The van der Waals surface area contributed by atoms with Crippen molar-refractivity contribution in [3.8, 4) is 17.1 Å². The molecule has 1 aliphatic rings. The van der Waals surface area contributed by atoms with Crippen molar-refractivity contribution in [2.24, 2.45) is 5.92 Å². The Morgan fingerprint density at radius 1 is 1.36 bits per heavy atom. The summed E-state index contributed by atoms with van der Waals surface area (Å²) in [4.78, 5) is 4.35. The van der Waals surface area contributed by atoms with Gasteiger partial charge in [0.25, 0.3) is 10.2 Å². The van der Waals surface area contributed by atoms with Gasteiger partial charge in [-0.15, -0.1) is 0 Å². The van der Waals surface area contributed by atoms with Crippen LogP contribution in [0.15, 0.2) is 24.3 Å². The summed E-state index contributed by atoms with van der Waals surface area (Å²) in [5.74, 6) is 2.13. The Balaban J connectivity index is 1.63. The fourth-order valence-corrected chi connectivity index (χ4v) is 4.18. The molecule has 25 heavy (non-hydrogen) atoms. The van der Waals surface area contributed by atoms with Crippen molar-refractivity contribution in [1.29, 1.82) is 0 Å². The topological polar surface area (TPSA) is 100 Å². The Morgan fingerprint density at radius 2 is 2.12 bits per heavy atom. The van der Waals surface area contributed by atoms with Crippen LogP contribution in [-0.2, 0) is 16.8 Å². The Morgan fingerprint density at radius 3 is 2.80 bits per heavy atom. The zero-order valence-corrected chi connectivity index (χ0v) is 15.2. The van der Waals surface area contributed by atoms with E-state index in [1.54, 1.807) is 7.11 Å². The number of aromatic amines is 1. The minimum absolute atomic E-state index is 0.0797. The molecule has 3 rings (SSSR count). The lowest BCUT2D eigenvalue weighted by atomic mass is 10.0. The van der Waals surface area contributed by atoms with Crippen LogP contribution >= 0.6 is 0 Å². The molecule has 1 aromatic carbocycles. The van der Waals surface area contributed by atoms with Gasteiger partial charge in [-0.3, -0.25) is 5.10 Å². The summed E-state index contributed by atoms with van der Waals surface area (Å²) in [6.07, 6.45) is 1.96. The van der Waals surface area contributed by atoms with E-state index in [-0.39, 0.29) is 6.54 Å². The fraction of sp³-hybridized carbons (Fsp3) is 0.500. The number of methoxy groups -OCH3 is 1. The van der Waals surface area contributed by atoms with Crippen LogP contribution in [0.2, 0.25) is 0 Å². The summed E-state index contributed by atoms with van der Waals surface area (Å²) in [5.41, 5.74) is 0.830. The first-order valence-corrected chi connectivity index (χ1v) is 9.72. The SMILES string of the molecule is COc1ccc(-c2n[nH]c(CNS(=O)(=O)N3CCC[C@H](C)C3)n2)cc1. The minimum Gasteiger partial charge on any atom is -0.497 e. The molecule has 2 heterocycles. The van der Waals surface area contributed by atoms with Crippen molar-refractivity contribution < 1.29 is 13.2 Å². The van der Waals surface area contributed by atoms with Crippen molar-refractivity contribution in [3.05, 3.63) is 30.1 Å². The summed E-state index contributed by atoms with van der Waals surface area (Å²) in [6.45, 7) is 3.27. The van der Waals surface area contributed by atoms with E-state index in [9.17, 15) is 8.42 Å². The fourth-order valence-electron chi connectivity index (χ4n) is 2.86. The standard InChI is InChI=1S/C16H23N5O3S/c1-12-4-3-9-21(11-12)25(22,23)17-10-15-18-16(20-19-15)13-5-7-14(24-2)8-6-13/h5-8,12,17H,3-4,9-11H2,1-2H3,(H,18,19,20)/t12-/m0/s1. The second kappa shape index (κ2) is 7.51. The number of ether oxygens (including phenoxy) is 1. The summed E-state index contributed by atoms with van der Waals surface area (Å²) in [6, 6.07) is 7.35. The average Bonchev–Trinajstić information content (AvgIpc) is 3.09. The third-order valence-corrected chi connectivity index (χ3v) is 5.78. The number of benzene rings is 1. The molecule has 0 bridgehead atoms. The van der Waals surface area contributed by atoms with Crippen molar-refractivity contribution in [2.45, 2.75) is 26.3 Å². The van der Waals surface area contributed by atoms with Gasteiger partial charge in [0.15, 0.2) is 5.82 Å². The zero-order chi connectivity index (χ0) is 17.9. The van der Waals surface area contributed by atoms with Crippen LogP contribution in [0.5, 0.6) is 5.75 Å². The van der Waals surface area contributed by atoms with E-state index in [1.807, 2.05) is 24.3 Å². The highest BCUT2D eigenvalue weighted by Gasteiger charge is 2.26. The lowest BCUT2D eigenvalue weighted by molar-refractivity contribution is 0.278. The van der Waals surface area contributed by atoms with Gasteiger partial charge in [-0.25, -0.2) is 4.98 Å².